The van der Waals surface area contributed by atoms with Crippen LogP contribution in [-0.2, 0) is 0 Å². The highest BCUT2D eigenvalue weighted by atomic mass is 14.6. The van der Waals surface area contributed by atoms with Crippen LogP contribution in [0.25, 0.3) is 10.8 Å². The Morgan fingerprint density at radius 1 is 0.706 bits per heavy atom. The molecule has 2 heterocycles. The van der Waals surface area contributed by atoms with Crippen LogP contribution in [0.5, 0.6) is 0 Å². The maximum Gasteiger partial charge on any atom is 0.0346 e. The second-order valence-electron chi connectivity index (χ2n) is 3.75. The summed E-state index contributed by atoms with van der Waals surface area (Å²) in [5.41, 5.74) is 1.26. The first kappa shape index (κ1) is 11.3. The Bertz CT molecular complexity index is 511. The van der Waals surface area contributed by atoms with Crippen molar-refractivity contribution in [1.29, 1.82) is 0 Å². The Hall–Kier alpha value is -2.22. The average Bonchev–Trinajstić information content (AvgIpc) is 2.41. The first-order valence-electron chi connectivity index (χ1n) is 5.51. The molecule has 3 rings (SSSR count). The molecule has 0 atom stereocenters. The van der Waals surface area contributed by atoms with E-state index in [1.54, 1.807) is 12.4 Å². The highest BCUT2D eigenvalue weighted by Crippen LogP contribution is 2.09. The van der Waals surface area contributed by atoms with Crippen molar-refractivity contribution < 1.29 is 0 Å². The van der Waals surface area contributed by atoms with Gasteiger partial charge in [0.15, 0.2) is 0 Å². The molecule has 2 aromatic heterocycles. The average molecular weight is 222 g/mol. The number of fused-ring (bicyclic) bond motifs is 1. The first-order chi connectivity index (χ1) is 8.36. The molecule has 0 saturated heterocycles. The number of nitrogens with zero attached hydrogens (tertiary/aromatic N) is 2. The van der Waals surface area contributed by atoms with Gasteiger partial charge in [0, 0.05) is 24.8 Å². The zero-order chi connectivity index (χ0) is 11.9. The molecule has 2 nitrogen and oxygen atoms in total. The maximum atomic E-state index is 4.01. The summed E-state index contributed by atoms with van der Waals surface area (Å²) in [6.45, 7) is 2.04. The first-order valence-corrected chi connectivity index (χ1v) is 5.51. The van der Waals surface area contributed by atoms with Gasteiger partial charge in [-0.25, -0.2) is 0 Å². The lowest BCUT2D eigenvalue weighted by molar-refractivity contribution is 1.29. The van der Waals surface area contributed by atoms with Crippen LogP contribution in [0, 0.1) is 6.92 Å². The van der Waals surface area contributed by atoms with Crippen LogP contribution in [-0.4, -0.2) is 9.97 Å². The van der Waals surface area contributed by atoms with Gasteiger partial charge in [0.05, 0.1) is 0 Å². The minimum absolute atomic E-state index is 1.20. The summed E-state index contributed by atoms with van der Waals surface area (Å²) in [4.78, 5) is 7.86. The second-order valence-corrected chi connectivity index (χ2v) is 3.75. The summed E-state index contributed by atoms with van der Waals surface area (Å²) in [5, 5.41) is 2.45. The third-order valence-corrected chi connectivity index (χ3v) is 2.40. The van der Waals surface area contributed by atoms with Crippen molar-refractivity contribution in [2.75, 3.05) is 0 Å². The Kier molecular flexibility index (Phi) is 3.81. The minimum atomic E-state index is 1.20. The van der Waals surface area contributed by atoms with E-state index < -0.39 is 0 Å². The summed E-state index contributed by atoms with van der Waals surface area (Å²) in [6, 6.07) is 14.1. The molecule has 0 radical (unpaired) electrons. The van der Waals surface area contributed by atoms with Crippen molar-refractivity contribution in [1.82, 2.24) is 9.97 Å². The highest BCUT2D eigenvalue weighted by molar-refractivity contribution is 5.80. The predicted molar refractivity (Wildman–Crippen MR) is 70.7 cm³/mol. The van der Waals surface area contributed by atoms with E-state index in [0.717, 1.165) is 0 Å². The van der Waals surface area contributed by atoms with E-state index in [4.69, 9.17) is 0 Å². The SMILES string of the molecule is Cc1ccncc1.c1ccc2cnccc2c1. The largest absolute Gasteiger partial charge is 0.265 e. The lowest BCUT2D eigenvalue weighted by atomic mass is 10.2. The van der Waals surface area contributed by atoms with Crippen LogP contribution >= 0.6 is 0 Å². The molecular formula is C15H14N2. The molecule has 0 N–H and O–H groups in total. The Morgan fingerprint density at radius 2 is 1.35 bits per heavy atom. The molecule has 0 aliphatic rings. The van der Waals surface area contributed by atoms with Crippen LogP contribution in [0.3, 0.4) is 0 Å². The Balaban J connectivity index is 0.000000136. The van der Waals surface area contributed by atoms with E-state index >= 15 is 0 Å². The molecule has 0 aliphatic heterocycles. The number of hydrogen-bond donors (Lipinski definition) is 0. The van der Waals surface area contributed by atoms with Crippen LogP contribution in [0.15, 0.2) is 67.3 Å². The van der Waals surface area contributed by atoms with Gasteiger partial charge in [-0.05, 0) is 41.5 Å². The number of benzene rings is 1. The summed E-state index contributed by atoms with van der Waals surface area (Å²) in [5.74, 6) is 0. The minimum Gasteiger partial charge on any atom is -0.265 e. The highest BCUT2D eigenvalue weighted by Gasteiger charge is 1.86. The van der Waals surface area contributed by atoms with E-state index in [0.29, 0.717) is 0 Å². The molecule has 0 bridgehead atoms. The fraction of sp³-hybridized carbons (Fsp3) is 0.0667. The van der Waals surface area contributed by atoms with Gasteiger partial charge in [0.2, 0.25) is 0 Å². The number of rotatable bonds is 0. The number of hydrogen-bond acceptors (Lipinski definition) is 2. The quantitative estimate of drug-likeness (QED) is 0.580. The second kappa shape index (κ2) is 5.75. The standard InChI is InChI=1S/C9H7N.C6H7N/c1-2-4-9-7-10-6-5-8(9)3-1;1-6-2-4-7-5-3-6/h1-7H;2-5H,1H3. The van der Waals surface area contributed by atoms with Crippen molar-refractivity contribution in [3.8, 4) is 0 Å². The molecule has 2 heteroatoms. The van der Waals surface area contributed by atoms with Gasteiger partial charge in [0.25, 0.3) is 0 Å². The number of aryl methyl sites for hydroxylation is 1. The number of pyridine rings is 2. The van der Waals surface area contributed by atoms with Crippen molar-refractivity contribution in [3.63, 3.8) is 0 Å². The van der Waals surface area contributed by atoms with Crippen molar-refractivity contribution in [2.24, 2.45) is 0 Å². The van der Waals surface area contributed by atoms with E-state index in [2.05, 4.69) is 22.1 Å². The van der Waals surface area contributed by atoms with E-state index in [1.165, 1.54) is 16.3 Å². The molecule has 17 heavy (non-hydrogen) atoms. The molecule has 0 saturated carbocycles. The third kappa shape index (κ3) is 3.38. The zero-order valence-electron chi connectivity index (χ0n) is 9.75. The Morgan fingerprint density at radius 3 is 1.94 bits per heavy atom. The third-order valence-electron chi connectivity index (χ3n) is 2.40. The Labute approximate surface area is 101 Å². The van der Waals surface area contributed by atoms with Crippen LogP contribution in [0.4, 0.5) is 0 Å². The predicted octanol–water partition coefficient (Wildman–Crippen LogP) is 3.62. The molecule has 3 aromatic rings. The van der Waals surface area contributed by atoms with Gasteiger partial charge >= 0.3 is 0 Å². The summed E-state index contributed by atoms with van der Waals surface area (Å²) in [7, 11) is 0. The number of aromatic nitrogens is 2. The van der Waals surface area contributed by atoms with Crippen LogP contribution in [0.1, 0.15) is 5.56 Å². The monoisotopic (exact) mass is 222 g/mol. The topological polar surface area (TPSA) is 25.8 Å². The molecular weight excluding hydrogens is 208 g/mol. The molecule has 1 aromatic carbocycles. The molecule has 0 spiro atoms. The lowest BCUT2D eigenvalue weighted by Gasteiger charge is -1.91. The van der Waals surface area contributed by atoms with Gasteiger partial charge in [-0.2, -0.15) is 0 Å². The molecule has 0 fully saturated rings. The van der Waals surface area contributed by atoms with Gasteiger partial charge in [-0.3, -0.25) is 9.97 Å². The molecule has 0 aliphatic carbocycles. The van der Waals surface area contributed by atoms with Gasteiger partial charge in [-0.15, -0.1) is 0 Å². The fourth-order valence-electron chi connectivity index (χ4n) is 1.45. The lowest BCUT2D eigenvalue weighted by Crippen LogP contribution is -1.71. The van der Waals surface area contributed by atoms with E-state index in [1.807, 2.05) is 49.6 Å². The smallest absolute Gasteiger partial charge is 0.0346 e. The summed E-state index contributed by atoms with van der Waals surface area (Å²) >= 11 is 0. The van der Waals surface area contributed by atoms with Crippen molar-refractivity contribution in [3.05, 3.63) is 72.8 Å². The summed E-state index contributed by atoms with van der Waals surface area (Å²) in [6.07, 6.45) is 7.25. The molecule has 0 amide bonds. The zero-order valence-corrected chi connectivity index (χ0v) is 9.75. The van der Waals surface area contributed by atoms with E-state index in [-0.39, 0.29) is 0 Å². The normalized spacial score (nSPS) is 9.47. The van der Waals surface area contributed by atoms with Gasteiger partial charge in [0.1, 0.15) is 0 Å². The van der Waals surface area contributed by atoms with Crippen molar-refractivity contribution in [2.45, 2.75) is 6.92 Å². The van der Waals surface area contributed by atoms with Crippen LogP contribution in [0.2, 0.25) is 0 Å². The van der Waals surface area contributed by atoms with Gasteiger partial charge in [-0.1, -0.05) is 24.3 Å². The molecule has 0 unspecified atom stereocenters. The van der Waals surface area contributed by atoms with Gasteiger partial charge < -0.3 is 0 Å². The van der Waals surface area contributed by atoms with Crippen LogP contribution < -0.4 is 0 Å². The molecule has 84 valence electrons. The van der Waals surface area contributed by atoms with Crippen molar-refractivity contribution >= 4 is 10.8 Å². The summed E-state index contributed by atoms with van der Waals surface area (Å²) < 4.78 is 0. The maximum absolute atomic E-state index is 4.01. The van der Waals surface area contributed by atoms with E-state index in [9.17, 15) is 0 Å². The fourth-order valence-corrected chi connectivity index (χ4v) is 1.45.